The Labute approximate surface area is 346 Å². The van der Waals surface area contributed by atoms with Gasteiger partial charge in [-0.2, -0.15) is 0 Å². The quantitative estimate of drug-likeness (QED) is 0.127. The van der Waals surface area contributed by atoms with Gasteiger partial charge in [-0.3, -0.25) is 4.90 Å². The molecule has 1 atom stereocenters. The van der Waals surface area contributed by atoms with E-state index in [1.807, 2.05) is 30.5 Å². The van der Waals surface area contributed by atoms with Gasteiger partial charge in [0.25, 0.3) is 0 Å². The highest BCUT2D eigenvalue weighted by molar-refractivity contribution is 5.86. The van der Waals surface area contributed by atoms with Crippen molar-refractivity contribution in [1.29, 1.82) is 0 Å². The third-order valence-electron chi connectivity index (χ3n) is 12.2. The van der Waals surface area contributed by atoms with E-state index in [0.717, 1.165) is 58.0 Å². The van der Waals surface area contributed by atoms with Crippen molar-refractivity contribution in [2.24, 2.45) is 0 Å². The number of aromatic nitrogens is 2. The molecule has 0 bridgehead atoms. The molecule has 294 valence electrons. The van der Waals surface area contributed by atoms with Crippen molar-refractivity contribution in [1.82, 2.24) is 9.97 Å². The number of phenolic OH excluding ortho intramolecular Hbond substituents is 1. The maximum atomic E-state index is 11.1. The zero-order chi connectivity index (χ0) is 41.0. The van der Waals surface area contributed by atoms with Crippen LogP contribution in [-0.2, 0) is 5.41 Å². The summed E-state index contributed by atoms with van der Waals surface area (Å²) < 4.78 is 0. The largest absolute Gasteiger partial charge is 0.507 e. The van der Waals surface area contributed by atoms with Crippen LogP contribution in [0.25, 0.3) is 33.6 Å². The fourth-order valence-electron chi connectivity index (χ4n) is 8.10. The second-order valence-electron chi connectivity index (χ2n) is 16.6. The maximum Gasteiger partial charge on any atom is 0.137 e. The average molecular weight is 764 g/mol. The Morgan fingerprint density at radius 3 is 1.81 bits per heavy atom. The first-order valence-electron chi connectivity index (χ1n) is 21.0. The Kier molecular flexibility index (Phi) is 12.0. The number of hydrogen-bond donors (Lipinski definition) is 1. The molecular formula is C54H57N3O. The number of rotatable bonds is 13. The van der Waals surface area contributed by atoms with Crippen LogP contribution < -0.4 is 4.90 Å². The van der Waals surface area contributed by atoms with Crippen LogP contribution in [0, 0.1) is 0 Å². The van der Waals surface area contributed by atoms with Gasteiger partial charge >= 0.3 is 0 Å². The first kappa shape index (κ1) is 40.2. The Hall–Kier alpha value is -6.00. The summed E-state index contributed by atoms with van der Waals surface area (Å²) in [6, 6.07) is 51.5. The predicted molar refractivity (Wildman–Crippen MR) is 245 cm³/mol. The lowest BCUT2D eigenvalue weighted by Gasteiger charge is -2.32. The van der Waals surface area contributed by atoms with Gasteiger partial charge in [-0.05, 0) is 124 Å². The molecule has 7 aromatic rings. The summed E-state index contributed by atoms with van der Waals surface area (Å²) in [5.74, 6) is 1.91. The standard InChI is InChI=1S/C54H57N3O/c1-9-54(8,10-2)44-34-49(56-50(35-44)48-21-14-15-24-51(48)58)43-31-42(41-28-26-40(27-29-41)38(7)39-19-12-11-13-20-39)32-45(33-43)57(52-25-16-17-30-55-52)53-46(36(3)4)22-18-23-47(53)37(5)6/h11-38,58H,9-10H2,1-8H3. The van der Waals surface area contributed by atoms with Gasteiger partial charge < -0.3 is 5.11 Å². The van der Waals surface area contributed by atoms with Gasteiger partial charge in [-0.1, -0.05) is 146 Å². The molecule has 1 unspecified atom stereocenters. The summed E-state index contributed by atoms with van der Waals surface area (Å²) in [6.45, 7) is 18.2. The molecule has 0 amide bonds. The van der Waals surface area contributed by atoms with Crippen molar-refractivity contribution < 1.29 is 5.11 Å². The van der Waals surface area contributed by atoms with Gasteiger partial charge in [0.05, 0.1) is 17.1 Å². The highest BCUT2D eigenvalue weighted by atomic mass is 16.3. The molecule has 0 spiro atoms. The summed E-state index contributed by atoms with van der Waals surface area (Å²) in [5, 5.41) is 11.1. The van der Waals surface area contributed by atoms with Gasteiger partial charge in [-0.15, -0.1) is 0 Å². The molecule has 0 saturated heterocycles. The Balaban J connectivity index is 1.51. The smallest absolute Gasteiger partial charge is 0.137 e. The first-order chi connectivity index (χ1) is 28.0. The molecule has 5 aromatic carbocycles. The molecule has 0 aliphatic carbocycles. The zero-order valence-corrected chi connectivity index (χ0v) is 35.4. The van der Waals surface area contributed by atoms with Crippen molar-refractivity contribution in [2.45, 2.75) is 91.4 Å². The van der Waals surface area contributed by atoms with Crippen molar-refractivity contribution in [3.63, 3.8) is 0 Å². The molecular weight excluding hydrogens is 707 g/mol. The number of hydrogen-bond acceptors (Lipinski definition) is 4. The van der Waals surface area contributed by atoms with Gasteiger partial charge in [0, 0.05) is 28.9 Å². The van der Waals surface area contributed by atoms with Crippen LogP contribution in [-0.4, -0.2) is 15.1 Å². The van der Waals surface area contributed by atoms with E-state index >= 15 is 0 Å². The lowest BCUT2D eigenvalue weighted by molar-refractivity contribution is 0.438. The van der Waals surface area contributed by atoms with E-state index in [4.69, 9.17) is 9.97 Å². The molecule has 0 aliphatic heterocycles. The summed E-state index contributed by atoms with van der Waals surface area (Å²) >= 11 is 0. The molecule has 0 fully saturated rings. The molecule has 7 rings (SSSR count). The SMILES string of the molecule is CCC(C)(CC)c1cc(-c2cc(-c3ccc(C(C)c4ccccc4)cc3)cc(N(c3ccccn3)c3c(C(C)C)cccc3C(C)C)c2)nc(-c2ccccc2O)c1. The van der Waals surface area contributed by atoms with E-state index < -0.39 is 0 Å². The minimum Gasteiger partial charge on any atom is -0.507 e. The minimum atomic E-state index is -0.0785. The van der Waals surface area contributed by atoms with Crippen molar-refractivity contribution in [3.8, 4) is 39.4 Å². The summed E-state index contributed by atoms with van der Waals surface area (Å²) in [6.07, 6.45) is 3.83. The number of benzene rings is 5. The summed E-state index contributed by atoms with van der Waals surface area (Å²) in [5.41, 5.74) is 14.0. The number of phenols is 1. The average Bonchev–Trinajstić information content (AvgIpc) is 3.26. The summed E-state index contributed by atoms with van der Waals surface area (Å²) in [4.78, 5) is 12.7. The third kappa shape index (κ3) is 8.20. The van der Waals surface area contributed by atoms with E-state index in [1.165, 1.54) is 33.5 Å². The number of nitrogens with zero attached hydrogens (tertiary/aromatic N) is 3. The normalized spacial score (nSPS) is 12.2. The number of pyridine rings is 2. The minimum absolute atomic E-state index is 0.0785. The topological polar surface area (TPSA) is 49.2 Å². The monoisotopic (exact) mass is 763 g/mol. The molecule has 0 aliphatic rings. The fourth-order valence-corrected chi connectivity index (χ4v) is 8.10. The molecule has 4 nitrogen and oxygen atoms in total. The van der Waals surface area contributed by atoms with Crippen LogP contribution in [0.1, 0.15) is 114 Å². The van der Waals surface area contributed by atoms with Gasteiger partial charge in [0.15, 0.2) is 0 Å². The Morgan fingerprint density at radius 1 is 0.586 bits per heavy atom. The molecule has 4 heteroatoms. The Morgan fingerprint density at radius 2 is 1.19 bits per heavy atom. The van der Waals surface area contributed by atoms with E-state index in [9.17, 15) is 5.11 Å². The van der Waals surface area contributed by atoms with E-state index in [1.54, 1.807) is 6.07 Å². The van der Waals surface area contributed by atoms with Crippen LogP contribution in [0.3, 0.4) is 0 Å². The van der Waals surface area contributed by atoms with E-state index in [-0.39, 0.29) is 28.9 Å². The van der Waals surface area contributed by atoms with Crippen LogP contribution >= 0.6 is 0 Å². The van der Waals surface area contributed by atoms with Gasteiger partial charge in [0.1, 0.15) is 11.6 Å². The molecule has 2 heterocycles. The van der Waals surface area contributed by atoms with E-state index in [2.05, 4.69) is 176 Å². The van der Waals surface area contributed by atoms with Crippen LogP contribution in [0.15, 0.2) is 152 Å². The highest BCUT2D eigenvalue weighted by Gasteiger charge is 2.27. The van der Waals surface area contributed by atoms with Crippen LogP contribution in [0.5, 0.6) is 5.75 Å². The van der Waals surface area contributed by atoms with Crippen molar-refractivity contribution in [3.05, 3.63) is 180 Å². The number of aromatic hydroxyl groups is 1. The molecule has 0 radical (unpaired) electrons. The van der Waals surface area contributed by atoms with Gasteiger partial charge in [0.2, 0.25) is 0 Å². The third-order valence-corrected chi connectivity index (χ3v) is 12.2. The highest BCUT2D eigenvalue weighted by Crippen LogP contribution is 2.46. The molecule has 58 heavy (non-hydrogen) atoms. The van der Waals surface area contributed by atoms with Crippen LogP contribution in [0.4, 0.5) is 17.2 Å². The van der Waals surface area contributed by atoms with Crippen molar-refractivity contribution >= 4 is 17.2 Å². The fraction of sp³-hybridized carbons (Fsp3) is 0.259. The number of para-hydroxylation sites is 2. The maximum absolute atomic E-state index is 11.1. The Bertz CT molecular complexity index is 2440. The van der Waals surface area contributed by atoms with Gasteiger partial charge in [-0.25, -0.2) is 9.97 Å². The lowest BCUT2D eigenvalue weighted by atomic mass is 9.77. The first-order valence-corrected chi connectivity index (χ1v) is 21.0. The number of anilines is 3. The zero-order valence-electron chi connectivity index (χ0n) is 35.4. The molecule has 0 saturated carbocycles. The predicted octanol–water partition coefficient (Wildman–Crippen LogP) is 15.1. The van der Waals surface area contributed by atoms with E-state index in [0.29, 0.717) is 0 Å². The molecule has 2 aromatic heterocycles. The lowest BCUT2D eigenvalue weighted by Crippen LogP contribution is -2.20. The summed E-state index contributed by atoms with van der Waals surface area (Å²) in [7, 11) is 0. The van der Waals surface area contributed by atoms with Crippen LogP contribution in [0.2, 0.25) is 0 Å². The molecule has 1 N–H and O–H groups in total. The second kappa shape index (κ2) is 17.2. The second-order valence-corrected chi connectivity index (χ2v) is 16.6. The van der Waals surface area contributed by atoms with Crippen molar-refractivity contribution in [2.75, 3.05) is 4.90 Å².